The van der Waals surface area contributed by atoms with E-state index < -0.39 is 5.41 Å². The van der Waals surface area contributed by atoms with Crippen LogP contribution in [0.15, 0.2) is 60.8 Å². The van der Waals surface area contributed by atoms with Crippen LogP contribution in [0.5, 0.6) is 0 Å². The number of benzene rings is 2. The molecule has 1 aliphatic heterocycles. The molecule has 28 heavy (non-hydrogen) atoms. The molecule has 4 rings (SSSR count). The summed E-state index contributed by atoms with van der Waals surface area (Å²) in [6.45, 7) is 1.87. The van der Waals surface area contributed by atoms with Gasteiger partial charge in [-0.25, -0.2) is 0 Å². The number of hydrogen-bond acceptors (Lipinski definition) is 3. The molecule has 2 aromatic carbocycles. The standard InChI is InChI=1S/C22H21N3O3/c1-22(16-5-3-2-4-6-16)14-20(27)25(21(22)28)12-10-19(26)24-17-8-7-15-9-11-23-18(15)13-17/h2-9,11,13,23H,10,12,14H2,1H3,(H,24,26)/t22-/m0/s1. The summed E-state index contributed by atoms with van der Waals surface area (Å²) in [6.07, 6.45) is 2.02. The van der Waals surface area contributed by atoms with Crippen molar-refractivity contribution >= 4 is 34.3 Å². The molecule has 0 spiro atoms. The molecule has 1 aromatic heterocycles. The number of aromatic nitrogens is 1. The number of hydrogen-bond donors (Lipinski definition) is 2. The third-order valence-electron chi connectivity index (χ3n) is 5.34. The Bertz CT molecular complexity index is 1060. The van der Waals surface area contributed by atoms with Gasteiger partial charge in [-0.05, 0) is 36.1 Å². The summed E-state index contributed by atoms with van der Waals surface area (Å²) in [4.78, 5) is 41.9. The van der Waals surface area contributed by atoms with E-state index >= 15 is 0 Å². The van der Waals surface area contributed by atoms with Gasteiger partial charge in [0.15, 0.2) is 0 Å². The molecule has 3 amide bonds. The molecule has 142 valence electrons. The number of amides is 3. The van der Waals surface area contributed by atoms with Crippen LogP contribution >= 0.6 is 0 Å². The highest BCUT2D eigenvalue weighted by molar-refractivity contribution is 6.09. The van der Waals surface area contributed by atoms with E-state index in [0.717, 1.165) is 16.5 Å². The number of H-pyrrole nitrogens is 1. The molecule has 0 radical (unpaired) electrons. The second kappa shape index (κ2) is 6.96. The number of likely N-dealkylation sites (tertiary alicyclic amines) is 1. The fourth-order valence-electron chi connectivity index (χ4n) is 3.70. The topological polar surface area (TPSA) is 82.3 Å². The van der Waals surface area contributed by atoms with E-state index in [4.69, 9.17) is 0 Å². The molecule has 0 saturated carbocycles. The number of fused-ring (bicyclic) bond motifs is 1. The molecule has 1 fully saturated rings. The number of imide groups is 1. The van der Waals surface area contributed by atoms with Gasteiger partial charge in [0.25, 0.3) is 0 Å². The lowest BCUT2D eigenvalue weighted by Gasteiger charge is -2.22. The van der Waals surface area contributed by atoms with Crippen LogP contribution in [0.4, 0.5) is 5.69 Å². The Hall–Kier alpha value is -3.41. The van der Waals surface area contributed by atoms with Crippen molar-refractivity contribution in [3.8, 4) is 0 Å². The van der Waals surface area contributed by atoms with E-state index in [1.807, 2.05) is 60.8 Å². The normalized spacial score (nSPS) is 19.4. The molecule has 2 N–H and O–H groups in total. The third-order valence-corrected chi connectivity index (χ3v) is 5.34. The number of carbonyl (C=O) groups excluding carboxylic acids is 3. The number of aromatic amines is 1. The van der Waals surface area contributed by atoms with Crippen molar-refractivity contribution in [2.45, 2.75) is 25.2 Å². The lowest BCUT2D eigenvalue weighted by Crippen LogP contribution is -2.38. The molecular weight excluding hydrogens is 354 g/mol. The van der Waals surface area contributed by atoms with E-state index in [0.29, 0.717) is 5.69 Å². The second-order valence-corrected chi connectivity index (χ2v) is 7.30. The molecule has 1 atom stereocenters. The first-order valence-corrected chi connectivity index (χ1v) is 9.25. The summed E-state index contributed by atoms with van der Waals surface area (Å²) >= 11 is 0. The number of rotatable bonds is 5. The molecule has 2 heterocycles. The number of nitrogens with zero attached hydrogens (tertiary/aromatic N) is 1. The molecule has 0 bridgehead atoms. The van der Waals surface area contributed by atoms with Crippen LogP contribution in [0.3, 0.4) is 0 Å². The fraction of sp³-hybridized carbons (Fsp3) is 0.227. The predicted molar refractivity (Wildman–Crippen MR) is 107 cm³/mol. The highest BCUT2D eigenvalue weighted by atomic mass is 16.2. The maximum absolute atomic E-state index is 12.9. The van der Waals surface area contributed by atoms with Crippen LogP contribution in [0.25, 0.3) is 10.9 Å². The first-order valence-electron chi connectivity index (χ1n) is 9.25. The predicted octanol–water partition coefficient (Wildman–Crippen LogP) is 3.21. The summed E-state index contributed by atoms with van der Waals surface area (Å²) in [6, 6.07) is 16.9. The van der Waals surface area contributed by atoms with Crippen molar-refractivity contribution in [3.05, 3.63) is 66.4 Å². The number of anilines is 1. The minimum absolute atomic E-state index is 0.0606. The van der Waals surface area contributed by atoms with Crippen molar-refractivity contribution in [3.63, 3.8) is 0 Å². The van der Waals surface area contributed by atoms with Crippen LogP contribution in [0, 0.1) is 0 Å². The molecule has 0 unspecified atom stereocenters. The van der Waals surface area contributed by atoms with Crippen LogP contribution in [-0.2, 0) is 19.8 Å². The van der Waals surface area contributed by atoms with Gasteiger partial charge in [0.05, 0.1) is 5.41 Å². The van der Waals surface area contributed by atoms with Crippen molar-refractivity contribution in [1.82, 2.24) is 9.88 Å². The maximum atomic E-state index is 12.9. The van der Waals surface area contributed by atoms with Crippen molar-refractivity contribution in [1.29, 1.82) is 0 Å². The van der Waals surface area contributed by atoms with Gasteiger partial charge in [-0.2, -0.15) is 0 Å². The average Bonchev–Trinajstić information content (AvgIpc) is 3.24. The van der Waals surface area contributed by atoms with Gasteiger partial charge in [0, 0.05) is 36.8 Å². The van der Waals surface area contributed by atoms with Gasteiger partial charge in [0.2, 0.25) is 17.7 Å². The summed E-state index contributed by atoms with van der Waals surface area (Å²) in [5.41, 5.74) is 1.56. The van der Waals surface area contributed by atoms with Crippen LogP contribution in [-0.4, -0.2) is 34.2 Å². The molecule has 1 saturated heterocycles. The number of carbonyl (C=O) groups is 3. The second-order valence-electron chi connectivity index (χ2n) is 7.30. The SMILES string of the molecule is C[C@@]1(c2ccccc2)CC(=O)N(CCC(=O)Nc2ccc3cc[nH]c3c2)C1=O. The Balaban J connectivity index is 1.40. The Morgan fingerprint density at radius 3 is 2.71 bits per heavy atom. The van der Waals surface area contributed by atoms with E-state index in [1.54, 1.807) is 6.92 Å². The fourth-order valence-corrected chi connectivity index (χ4v) is 3.70. The lowest BCUT2D eigenvalue weighted by atomic mass is 9.81. The minimum Gasteiger partial charge on any atom is -0.361 e. The first-order chi connectivity index (χ1) is 13.5. The van der Waals surface area contributed by atoms with E-state index in [1.165, 1.54) is 4.90 Å². The molecule has 0 aliphatic carbocycles. The molecular formula is C22H21N3O3. The Morgan fingerprint density at radius 2 is 1.93 bits per heavy atom. The highest BCUT2D eigenvalue weighted by Crippen LogP contribution is 2.36. The van der Waals surface area contributed by atoms with Crippen LogP contribution in [0.2, 0.25) is 0 Å². The summed E-state index contributed by atoms with van der Waals surface area (Å²) in [5, 5.41) is 3.88. The van der Waals surface area contributed by atoms with Gasteiger partial charge in [-0.3, -0.25) is 19.3 Å². The smallest absolute Gasteiger partial charge is 0.240 e. The van der Waals surface area contributed by atoms with Gasteiger partial charge in [-0.1, -0.05) is 36.4 Å². The van der Waals surface area contributed by atoms with E-state index in [-0.39, 0.29) is 37.1 Å². The summed E-state index contributed by atoms with van der Waals surface area (Å²) in [5.74, 6) is -0.721. The Morgan fingerprint density at radius 1 is 1.14 bits per heavy atom. The third kappa shape index (κ3) is 3.17. The lowest BCUT2D eigenvalue weighted by molar-refractivity contribution is -0.139. The van der Waals surface area contributed by atoms with Gasteiger partial charge >= 0.3 is 0 Å². The maximum Gasteiger partial charge on any atom is 0.240 e. The average molecular weight is 375 g/mol. The molecule has 3 aromatic rings. The zero-order chi connectivity index (χ0) is 19.7. The Labute approximate surface area is 162 Å². The van der Waals surface area contributed by atoms with Crippen molar-refractivity contribution in [2.24, 2.45) is 0 Å². The monoisotopic (exact) mass is 375 g/mol. The summed E-state index contributed by atoms with van der Waals surface area (Å²) < 4.78 is 0. The van der Waals surface area contributed by atoms with E-state index in [9.17, 15) is 14.4 Å². The highest BCUT2D eigenvalue weighted by Gasteiger charge is 2.49. The zero-order valence-electron chi connectivity index (χ0n) is 15.6. The zero-order valence-corrected chi connectivity index (χ0v) is 15.6. The van der Waals surface area contributed by atoms with Crippen LogP contribution in [0.1, 0.15) is 25.3 Å². The van der Waals surface area contributed by atoms with Gasteiger partial charge in [0.1, 0.15) is 0 Å². The molecule has 6 heteroatoms. The minimum atomic E-state index is -0.868. The van der Waals surface area contributed by atoms with Crippen molar-refractivity contribution in [2.75, 3.05) is 11.9 Å². The van der Waals surface area contributed by atoms with E-state index in [2.05, 4.69) is 10.3 Å². The quantitative estimate of drug-likeness (QED) is 0.672. The largest absolute Gasteiger partial charge is 0.361 e. The van der Waals surface area contributed by atoms with Crippen molar-refractivity contribution < 1.29 is 14.4 Å². The number of nitrogens with one attached hydrogen (secondary N) is 2. The van der Waals surface area contributed by atoms with Gasteiger partial charge in [-0.15, -0.1) is 0 Å². The Kier molecular flexibility index (Phi) is 4.47. The van der Waals surface area contributed by atoms with Crippen LogP contribution < -0.4 is 5.32 Å². The van der Waals surface area contributed by atoms with Gasteiger partial charge < -0.3 is 10.3 Å². The first kappa shape index (κ1) is 18.0. The molecule has 1 aliphatic rings. The summed E-state index contributed by atoms with van der Waals surface area (Å²) in [7, 11) is 0. The molecule has 6 nitrogen and oxygen atoms in total.